The zero-order valence-electron chi connectivity index (χ0n) is 15.2. The first-order valence-electron chi connectivity index (χ1n) is 8.57. The summed E-state index contributed by atoms with van der Waals surface area (Å²) in [5.41, 5.74) is -0.130. The SMILES string of the molecule is CCC(=O)Oc1c(C(C)=O)c(CC(=O)O)cc2c1C(=O)c1ccccc1C2=O. The predicted octanol–water partition coefficient (Wildman–Crippen LogP) is 2.61. The number of ether oxygens (including phenoxy) is 1. The van der Waals surface area contributed by atoms with Crippen LogP contribution in [0.1, 0.15) is 68.0 Å². The highest BCUT2D eigenvalue weighted by Gasteiger charge is 2.36. The van der Waals surface area contributed by atoms with Crippen LogP contribution in [0.4, 0.5) is 0 Å². The van der Waals surface area contributed by atoms with Gasteiger partial charge in [-0.3, -0.25) is 24.0 Å². The summed E-state index contributed by atoms with van der Waals surface area (Å²) < 4.78 is 5.28. The van der Waals surface area contributed by atoms with Crippen molar-refractivity contribution in [1.82, 2.24) is 0 Å². The molecule has 0 saturated heterocycles. The summed E-state index contributed by atoms with van der Waals surface area (Å²) in [6.07, 6.45) is -0.601. The molecular formula is C21H16O7. The van der Waals surface area contributed by atoms with E-state index in [9.17, 15) is 29.1 Å². The number of rotatable bonds is 5. The van der Waals surface area contributed by atoms with E-state index >= 15 is 0 Å². The maximum absolute atomic E-state index is 13.1. The molecule has 0 aliphatic heterocycles. The summed E-state index contributed by atoms with van der Waals surface area (Å²) in [6, 6.07) is 7.40. The lowest BCUT2D eigenvalue weighted by molar-refractivity contribution is -0.136. The Bertz CT molecular complexity index is 1060. The number of carboxylic acid groups (broad SMARTS) is 1. The number of fused-ring (bicyclic) bond motifs is 2. The van der Waals surface area contributed by atoms with Gasteiger partial charge in [0.25, 0.3) is 0 Å². The van der Waals surface area contributed by atoms with Crippen LogP contribution in [-0.4, -0.2) is 34.4 Å². The van der Waals surface area contributed by atoms with Crippen LogP contribution in [0.25, 0.3) is 0 Å². The Hall–Kier alpha value is -3.61. The van der Waals surface area contributed by atoms with Gasteiger partial charge in [-0.15, -0.1) is 0 Å². The van der Waals surface area contributed by atoms with Gasteiger partial charge in [0.1, 0.15) is 0 Å². The smallest absolute Gasteiger partial charge is 0.310 e. The monoisotopic (exact) mass is 380 g/mol. The predicted molar refractivity (Wildman–Crippen MR) is 97.0 cm³/mol. The Kier molecular flexibility index (Phi) is 4.92. The number of carbonyl (C=O) groups excluding carboxylic acids is 4. The molecule has 0 spiro atoms. The number of benzene rings is 2. The second-order valence-corrected chi connectivity index (χ2v) is 6.32. The molecule has 1 N–H and O–H groups in total. The Morgan fingerprint density at radius 1 is 1.00 bits per heavy atom. The summed E-state index contributed by atoms with van der Waals surface area (Å²) in [6.45, 7) is 2.71. The fourth-order valence-electron chi connectivity index (χ4n) is 3.25. The first kappa shape index (κ1) is 19.2. The molecule has 0 aromatic heterocycles. The Morgan fingerprint density at radius 3 is 2.14 bits per heavy atom. The lowest BCUT2D eigenvalue weighted by atomic mass is 9.80. The quantitative estimate of drug-likeness (QED) is 0.411. The highest BCUT2D eigenvalue weighted by atomic mass is 16.5. The van der Waals surface area contributed by atoms with Crippen LogP contribution in [0.2, 0.25) is 0 Å². The molecule has 0 fully saturated rings. The average Bonchev–Trinajstić information content (AvgIpc) is 2.64. The Morgan fingerprint density at radius 2 is 1.61 bits per heavy atom. The van der Waals surface area contributed by atoms with Crippen LogP contribution in [0.5, 0.6) is 5.75 Å². The van der Waals surface area contributed by atoms with Crippen LogP contribution >= 0.6 is 0 Å². The number of aliphatic carboxylic acids is 1. The fourth-order valence-corrected chi connectivity index (χ4v) is 3.25. The van der Waals surface area contributed by atoms with Gasteiger partial charge >= 0.3 is 11.9 Å². The van der Waals surface area contributed by atoms with Gasteiger partial charge in [0.2, 0.25) is 0 Å². The molecule has 0 bridgehead atoms. The highest BCUT2D eigenvalue weighted by Crippen LogP contribution is 2.38. The minimum Gasteiger partial charge on any atom is -0.481 e. The highest BCUT2D eigenvalue weighted by molar-refractivity contribution is 6.30. The van der Waals surface area contributed by atoms with Crippen molar-refractivity contribution in [3.05, 3.63) is 63.7 Å². The molecule has 0 heterocycles. The van der Waals surface area contributed by atoms with Crippen molar-refractivity contribution in [3.63, 3.8) is 0 Å². The van der Waals surface area contributed by atoms with Crippen molar-refractivity contribution in [2.75, 3.05) is 0 Å². The molecule has 3 rings (SSSR count). The summed E-state index contributed by atoms with van der Waals surface area (Å²) >= 11 is 0. The molecule has 2 aromatic carbocycles. The van der Waals surface area contributed by atoms with Gasteiger partial charge in [-0.25, -0.2) is 0 Å². The van der Waals surface area contributed by atoms with E-state index in [1.807, 2.05) is 0 Å². The number of esters is 1. The van der Waals surface area contributed by atoms with Crippen molar-refractivity contribution in [1.29, 1.82) is 0 Å². The third-order valence-electron chi connectivity index (χ3n) is 4.45. The lowest BCUT2D eigenvalue weighted by Crippen LogP contribution is -2.25. The molecule has 7 nitrogen and oxygen atoms in total. The van der Waals surface area contributed by atoms with Crippen LogP contribution in [-0.2, 0) is 16.0 Å². The van der Waals surface area contributed by atoms with E-state index in [2.05, 4.69) is 0 Å². The van der Waals surface area contributed by atoms with Crippen molar-refractivity contribution in [2.24, 2.45) is 0 Å². The topological polar surface area (TPSA) is 115 Å². The molecule has 0 atom stereocenters. The van der Waals surface area contributed by atoms with Crippen LogP contribution in [0.3, 0.4) is 0 Å². The average molecular weight is 380 g/mol. The summed E-state index contributed by atoms with van der Waals surface area (Å²) in [5.74, 6) is -3.92. The van der Waals surface area contributed by atoms with E-state index in [4.69, 9.17) is 4.74 Å². The molecule has 0 saturated carbocycles. The van der Waals surface area contributed by atoms with E-state index in [0.717, 1.165) is 0 Å². The zero-order valence-corrected chi connectivity index (χ0v) is 15.2. The van der Waals surface area contributed by atoms with E-state index < -0.39 is 35.7 Å². The van der Waals surface area contributed by atoms with Crippen LogP contribution in [0, 0.1) is 0 Å². The zero-order chi connectivity index (χ0) is 20.6. The van der Waals surface area contributed by atoms with Crippen LogP contribution < -0.4 is 4.74 Å². The van der Waals surface area contributed by atoms with Gasteiger partial charge in [-0.05, 0) is 18.6 Å². The first-order valence-corrected chi connectivity index (χ1v) is 8.57. The Balaban J connectivity index is 2.39. The molecule has 1 aliphatic carbocycles. The Labute approximate surface area is 159 Å². The molecule has 142 valence electrons. The molecule has 28 heavy (non-hydrogen) atoms. The molecule has 0 amide bonds. The summed E-state index contributed by atoms with van der Waals surface area (Å²) in [5, 5.41) is 9.20. The third kappa shape index (κ3) is 3.11. The van der Waals surface area contributed by atoms with Gasteiger partial charge < -0.3 is 9.84 Å². The molecular weight excluding hydrogens is 364 g/mol. The van der Waals surface area contributed by atoms with E-state index in [1.54, 1.807) is 12.1 Å². The van der Waals surface area contributed by atoms with Gasteiger partial charge in [-0.1, -0.05) is 31.2 Å². The first-order chi connectivity index (χ1) is 13.3. The molecule has 2 aromatic rings. The number of hydrogen-bond donors (Lipinski definition) is 1. The number of ketones is 3. The van der Waals surface area contributed by atoms with Crippen molar-refractivity contribution in [2.45, 2.75) is 26.7 Å². The van der Waals surface area contributed by atoms with E-state index in [0.29, 0.717) is 0 Å². The van der Waals surface area contributed by atoms with E-state index in [-0.39, 0.29) is 45.6 Å². The van der Waals surface area contributed by atoms with Gasteiger partial charge in [-0.2, -0.15) is 0 Å². The van der Waals surface area contributed by atoms with E-state index in [1.165, 1.54) is 32.0 Å². The second-order valence-electron chi connectivity index (χ2n) is 6.32. The number of carboxylic acids is 1. The standard InChI is InChI=1S/C21H16O7/c1-3-16(25)28-21-17(10(2)22)11(9-15(23)24)8-14-18(21)20(27)13-7-5-4-6-12(13)19(14)26/h4-8H,3,9H2,1-2H3,(H,23,24). The summed E-state index contributed by atoms with van der Waals surface area (Å²) in [7, 11) is 0. The fraction of sp³-hybridized carbons (Fsp3) is 0.190. The maximum atomic E-state index is 13.1. The van der Waals surface area contributed by atoms with Gasteiger partial charge in [0.15, 0.2) is 23.1 Å². The molecule has 0 unspecified atom stereocenters. The number of carbonyl (C=O) groups is 5. The number of Topliss-reactive ketones (excluding diaryl/α,β-unsaturated/α-hetero) is 1. The van der Waals surface area contributed by atoms with Gasteiger partial charge in [0, 0.05) is 23.1 Å². The lowest BCUT2D eigenvalue weighted by Gasteiger charge is -2.23. The summed E-state index contributed by atoms with van der Waals surface area (Å²) in [4.78, 5) is 61.6. The maximum Gasteiger partial charge on any atom is 0.310 e. The van der Waals surface area contributed by atoms with Crippen molar-refractivity contribution >= 4 is 29.3 Å². The van der Waals surface area contributed by atoms with Gasteiger partial charge in [0.05, 0.1) is 17.5 Å². The van der Waals surface area contributed by atoms with Crippen LogP contribution in [0.15, 0.2) is 30.3 Å². The minimum absolute atomic E-state index is 0.0122. The molecule has 7 heteroatoms. The minimum atomic E-state index is -1.23. The third-order valence-corrected chi connectivity index (χ3v) is 4.45. The second kappa shape index (κ2) is 7.19. The number of hydrogen-bond acceptors (Lipinski definition) is 6. The van der Waals surface area contributed by atoms with Crippen molar-refractivity contribution < 1.29 is 33.8 Å². The normalized spacial score (nSPS) is 12.2. The largest absolute Gasteiger partial charge is 0.481 e. The molecule has 0 radical (unpaired) electrons. The molecule has 1 aliphatic rings. The van der Waals surface area contributed by atoms with Crippen molar-refractivity contribution in [3.8, 4) is 5.75 Å².